The monoisotopic (exact) mass is 677 g/mol. The first-order valence-electron chi connectivity index (χ1n) is 17.8. The molecule has 1 aliphatic carbocycles. The molecule has 1 saturated carbocycles. The van der Waals surface area contributed by atoms with E-state index in [0.29, 0.717) is 12.1 Å². The number of hydrogen-bond donors (Lipinski definition) is 3. The summed E-state index contributed by atoms with van der Waals surface area (Å²) in [6.07, 6.45) is 19.2. The Balaban J connectivity index is -0.000000175. The Hall–Kier alpha value is -3.68. The third-order valence-electron chi connectivity index (χ3n) is 7.50. The van der Waals surface area contributed by atoms with Crippen molar-refractivity contribution in [3.05, 3.63) is 95.6 Å². The van der Waals surface area contributed by atoms with Crippen LogP contribution in [0.4, 0.5) is 0 Å². The number of rotatable bonds is 8. The lowest BCUT2D eigenvalue weighted by molar-refractivity contribution is -0.117. The lowest BCUT2D eigenvalue weighted by Crippen LogP contribution is -2.09. The van der Waals surface area contributed by atoms with Crippen molar-refractivity contribution < 1.29 is 9.90 Å². The second-order valence-electron chi connectivity index (χ2n) is 12.4. The zero-order valence-electron chi connectivity index (χ0n) is 33.9. The summed E-state index contributed by atoms with van der Waals surface area (Å²) < 4.78 is 0. The number of nitrogens with two attached hydrogens (primary N) is 1. The highest BCUT2D eigenvalue weighted by molar-refractivity contribution is 5.75. The largest absolute Gasteiger partial charge is 0.400 e. The summed E-state index contributed by atoms with van der Waals surface area (Å²) in [5, 5.41) is 12.5. The van der Waals surface area contributed by atoms with Gasteiger partial charge in [-0.15, -0.1) is 12.8 Å². The second kappa shape index (κ2) is 35.6. The Morgan fingerprint density at radius 3 is 1.73 bits per heavy atom. The maximum Gasteiger partial charge on any atom is 0.129 e. The fraction of sp³-hybridized carbons (Fsp3) is 0.511. The first kappa shape index (κ1) is 54.8. The van der Waals surface area contributed by atoms with E-state index in [0.717, 1.165) is 42.6 Å². The highest BCUT2D eigenvalue weighted by atomic mass is 16.2. The van der Waals surface area contributed by atoms with Crippen molar-refractivity contribution in [2.45, 2.75) is 134 Å². The molecule has 0 amide bonds. The SMILES string of the molecule is C#C.C=C(C)c1cc(C)cc(C(=C)N)c1.C=C(CCCC(C)=O)C(C)(C)C.C=N.CC.CC.CO.Cc1ccccc1CC1CCCCC1. The van der Waals surface area contributed by atoms with Gasteiger partial charge in [-0.3, -0.25) is 0 Å². The Morgan fingerprint density at radius 2 is 1.33 bits per heavy atom. The third kappa shape index (κ3) is 30.1. The second-order valence-corrected chi connectivity index (χ2v) is 12.4. The van der Waals surface area contributed by atoms with Gasteiger partial charge >= 0.3 is 0 Å². The Labute approximate surface area is 304 Å². The van der Waals surface area contributed by atoms with E-state index in [1.807, 2.05) is 53.7 Å². The molecular weight excluding hydrogens is 601 g/mol. The molecule has 278 valence electrons. The first-order valence-corrected chi connectivity index (χ1v) is 17.8. The molecule has 2 aromatic rings. The molecule has 0 spiro atoms. The lowest BCUT2D eigenvalue weighted by Gasteiger charge is -2.22. The molecule has 0 heterocycles. The van der Waals surface area contributed by atoms with E-state index in [4.69, 9.17) is 16.2 Å². The van der Waals surface area contributed by atoms with Crippen molar-refractivity contribution in [3.63, 3.8) is 0 Å². The van der Waals surface area contributed by atoms with Crippen molar-refractivity contribution in [1.29, 1.82) is 5.41 Å². The molecule has 0 aliphatic heterocycles. The summed E-state index contributed by atoms with van der Waals surface area (Å²) in [6.45, 7) is 36.5. The molecule has 4 N–H and O–H groups in total. The minimum Gasteiger partial charge on any atom is -0.400 e. The zero-order chi connectivity index (χ0) is 39.6. The zero-order valence-corrected chi connectivity index (χ0v) is 33.9. The molecule has 2 aromatic carbocycles. The summed E-state index contributed by atoms with van der Waals surface area (Å²) in [6, 6.07) is 15.0. The lowest BCUT2D eigenvalue weighted by atomic mass is 9.84. The topological polar surface area (TPSA) is 87.2 Å². The van der Waals surface area contributed by atoms with Gasteiger partial charge in [-0.25, -0.2) is 0 Å². The summed E-state index contributed by atoms with van der Waals surface area (Å²) in [4.78, 5) is 10.6. The van der Waals surface area contributed by atoms with Gasteiger partial charge in [0, 0.05) is 19.2 Å². The molecule has 1 fully saturated rings. The number of aliphatic hydroxyl groups is 1. The van der Waals surface area contributed by atoms with Crippen LogP contribution in [-0.4, -0.2) is 24.7 Å². The molecule has 0 bridgehead atoms. The fourth-order valence-electron chi connectivity index (χ4n) is 4.68. The Morgan fingerprint density at radius 1 is 0.857 bits per heavy atom. The van der Waals surface area contributed by atoms with Gasteiger partial charge < -0.3 is 21.0 Å². The highest BCUT2D eigenvalue weighted by Gasteiger charge is 2.15. The van der Waals surface area contributed by atoms with Crippen molar-refractivity contribution in [2.24, 2.45) is 17.1 Å². The molecule has 0 atom stereocenters. The molecule has 4 heteroatoms. The fourth-order valence-corrected chi connectivity index (χ4v) is 4.68. The molecule has 0 unspecified atom stereocenters. The molecule has 3 rings (SSSR count). The van der Waals surface area contributed by atoms with Gasteiger partial charge in [-0.1, -0.05) is 142 Å². The van der Waals surface area contributed by atoms with E-state index in [1.54, 1.807) is 12.5 Å². The van der Waals surface area contributed by atoms with Crippen LogP contribution in [0.5, 0.6) is 0 Å². The minimum absolute atomic E-state index is 0.191. The number of ketones is 1. The van der Waals surface area contributed by atoms with Crippen LogP contribution in [0, 0.1) is 43.4 Å². The van der Waals surface area contributed by atoms with E-state index < -0.39 is 0 Å². The van der Waals surface area contributed by atoms with E-state index in [9.17, 15) is 4.79 Å². The summed E-state index contributed by atoms with van der Waals surface area (Å²) in [5.41, 5.74) is 15.0. The van der Waals surface area contributed by atoms with Crippen LogP contribution in [-0.2, 0) is 11.2 Å². The summed E-state index contributed by atoms with van der Waals surface area (Å²) in [5.74, 6) is 1.24. The Bertz CT molecular complexity index is 1130. The molecule has 4 nitrogen and oxygen atoms in total. The van der Waals surface area contributed by atoms with Crippen LogP contribution in [0.25, 0.3) is 11.3 Å². The van der Waals surface area contributed by atoms with E-state index in [-0.39, 0.29) is 11.2 Å². The molecule has 49 heavy (non-hydrogen) atoms. The van der Waals surface area contributed by atoms with Crippen molar-refractivity contribution >= 4 is 23.8 Å². The first-order chi connectivity index (χ1) is 23.2. The predicted octanol–water partition coefficient (Wildman–Crippen LogP) is 12.6. The van der Waals surface area contributed by atoms with Gasteiger partial charge in [0.25, 0.3) is 0 Å². The predicted molar refractivity (Wildman–Crippen MR) is 224 cm³/mol. The molecule has 0 radical (unpaired) electrons. The van der Waals surface area contributed by atoms with E-state index in [2.05, 4.69) is 97.3 Å². The van der Waals surface area contributed by atoms with Gasteiger partial charge in [0.05, 0.1) is 0 Å². The number of nitrogens with one attached hydrogen (secondary N) is 1. The number of allylic oxidation sites excluding steroid dienone is 2. The average Bonchev–Trinajstić information content (AvgIpc) is 3.10. The van der Waals surface area contributed by atoms with Crippen molar-refractivity contribution in [1.82, 2.24) is 0 Å². The number of carbonyl (C=O) groups is 1. The van der Waals surface area contributed by atoms with Crippen LogP contribution in [0.3, 0.4) is 0 Å². The van der Waals surface area contributed by atoms with Crippen LogP contribution < -0.4 is 5.73 Å². The van der Waals surface area contributed by atoms with Crippen molar-refractivity contribution in [2.75, 3.05) is 7.11 Å². The van der Waals surface area contributed by atoms with E-state index >= 15 is 0 Å². The van der Waals surface area contributed by atoms with Gasteiger partial charge in [0.2, 0.25) is 0 Å². The normalized spacial score (nSPS) is 11.1. The number of Topliss-reactive ketones (excluding diaryl/α,β-unsaturated/α-hetero) is 1. The number of terminal acetylenes is 1. The number of aryl methyl sites for hydroxylation is 2. The van der Waals surface area contributed by atoms with Crippen LogP contribution >= 0.6 is 0 Å². The molecule has 1 aliphatic rings. The maximum absolute atomic E-state index is 10.6. The van der Waals surface area contributed by atoms with Gasteiger partial charge in [-0.05, 0) is 105 Å². The van der Waals surface area contributed by atoms with Gasteiger partial charge in [-0.2, -0.15) is 0 Å². The quantitative estimate of drug-likeness (QED) is 0.148. The number of carbonyl (C=O) groups excluding carboxylic acids is 1. The minimum atomic E-state index is 0.191. The molecule has 0 aromatic heterocycles. The van der Waals surface area contributed by atoms with Crippen molar-refractivity contribution in [3.8, 4) is 12.8 Å². The Kier molecular flexibility index (Phi) is 39.8. The van der Waals surface area contributed by atoms with Gasteiger partial charge in [0.15, 0.2) is 0 Å². The maximum atomic E-state index is 10.6. The average molecular weight is 677 g/mol. The number of hydrogen-bond acceptors (Lipinski definition) is 4. The summed E-state index contributed by atoms with van der Waals surface area (Å²) >= 11 is 0. The standard InChI is InChI=1S/C14H20.C12H15N.C11H20O.2C2H6.C2H2.CH3N.CH4O/c1-12-7-5-6-10-14(12)11-13-8-3-2-4-9-13;1-8(2)11-5-9(3)6-12(7-11)10(4)13;1-9(11(3,4)5)7-6-8-10(2)12;5*1-2/h5-7,10,13H,2-4,8-9,11H2,1H3;5-7H,1,4,13H2,2-3H3;1,6-8H2,2-5H3;2*1-2H3;1-2H;2H,1H2;2H,1H3. The number of aliphatic hydroxyl groups excluding tert-OH is 1. The van der Waals surface area contributed by atoms with Crippen LogP contribution in [0.1, 0.15) is 141 Å². The smallest absolute Gasteiger partial charge is 0.129 e. The summed E-state index contributed by atoms with van der Waals surface area (Å²) in [7, 11) is 1.00. The third-order valence-corrected chi connectivity index (χ3v) is 7.50. The van der Waals surface area contributed by atoms with E-state index in [1.165, 1.54) is 55.2 Å². The van der Waals surface area contributed by atoms with Crippen LogP contribution in [0.2, 0.25) is 0 Å². The highest BCUT2D eigenvalue weighted by Crippen LogP contribution is 2.28. The van der Waals surface area contributed by atoms with Crippen LogP contribution in [0.15, 0.2) is 67.8 Å². The molecular formula is C45H76N2O2. The number of benzene rings is 2. The van der Waals surface area contributed by atoms with Gasteiger partial charge in [0.1, 0.15) is 5.78 Å². The molecule has 0 saturated heterocycles.